The zero-order valence-electron chi connectivity index (χ0n) is 15.0. The van der Waals surface area contributed by atoms with E-state index in [2.05, 4.69) is 10.3 Å². The molecule has 0 radical (unpaired) electrons. The van der Waals surface area contributed by atoms with Crippen molar-refractivity contribution >= 4 is 17.3 Å². The van der Waals surface area contributed by atoms with Crippen molar-refractivity contribution in [2.75, 3.05) is 27.3 Å². The van der Waals surface area contributed by atoms with E-state index in [4.69, 9.17) is 9.47 Å². The Morgan fingerprint density at radius 1 is 1.19 bits per heavy atom. The number of benzene rings is 2. The number of nitro benzene ring substituents is 1. The molecule has 2 aromatic rings. The number of carbonyl (C=O) groups is 1. The number of nitro groups is 1. The molecule has 140 valence electrons. The first-order chi connectivity index (χ1) is 13.0. The van der Waals surface area contributed by atoms with Crippen molar-refractivity contribution < 1.29 is 19.2 Å². The normalized spacial score (nSPS) is 16.1. The average molecular weight is 369 g/mol. The summed E-state index contributed by atoms with van der Waals surface area (Å²) in [5.74, 6) is 1.22. The van der Waals surface area contributed by atoms with Crippen LogP contribution < -0.4 is 14.8 Å². The van der Waals surface area contributed by atoms with Crippen molar-refractivity contribution in [1.29, 1.82) is 0 Å². The minimum absolute atomic E-state index is 0.000489. The average Bonchev–Trinajstić information content (AvgIpc) is 2.72. The fraction of sp³-hybridized carbons (Fsp3) is 0.263. The monoisotopic (exact) mass is 369 g/mol. The molecule has 1 unspecified atom stereocenters. The number of ketones is 1. The number of amidine groups is 1. The van der Waals surface area contributed by atoms with Gasteiger partial charge in [-0.15, -0.1) is 0 Å². The lowest BCUT2D eigenvalue weighted by molar-refractivity contribution is -0.384. The first-order valence-corrected chi connectivity index (χ1v) is 8.33. The van der Waals surface area contributed by atoms with E-state index >= 15 is 0 Å². The fourth-order valence-corrected chi connectivity index (χ4v) is 2.90. The van der Waals surface area contributed by atoms with Crippen molar-refractivity contribution in [1.82, 2.24) is 5.32 Å². The molecule has 0 saturated carbocycles. The number of aliphatic imine (C=N–C) groups is 1. The van der Waals surface area contributed by atoms with Crippen LogP contribution in [0.15, 0.2) is 47.5 Å². The molecule has 0 aliphatic carbocycles. The van der Waals surface area contributed by atoms with Gasteiger partial charge in [0.05, 0.1) is 31.6 Å². The topological polar surface area (TPSA) is 103 Å². The third-order valence-electron chi connectivity index (χ3n) is 4.35. The Balaban J connectivity index is 1.75. The second-order valence-corrected chi connectivity index (χ2v) is 6.01. The fourth-order valence-electron chi connectivity index (χ4n) is 2.90. The minimum Gasteiger partial charge on any atom is -0.493 e. The van der Waals surface area contributed by atoms with Crippen molar-refractivity contribution in [3.63, 3.8) is 0 Å². The lowest BCUT2D eigenvalue weighted by atomic mass is 9.95. The summed E-state index contributed by atoms with van der Waals surface area (Å²) in [6.07, 6.45) is 0. The predicted octanol–water partition coefficient (Wildman–Crippen LogP) is 2.46. The molecule has 0 saturated heterocycles. The number of hydrogen-bond donors (Lipinski definition) is 1. The van der Waals surface area contributed by atoms with Gasteiger partial charge in [0.15, 0.2) is 17.3 Å². The Morgan fingerprint density at radius 2 is 1.96 bits per heavy atom. The van der Waals surface area contributed by atoms with Crippen molar-refractivity contribution in [3.05, 3.63) is 63.7 Å². The molecule has 0 amide bonds. The molecule has 3 rings (SSSR count). The van der Waals surface area contributed by atoms with Crippen LogP contribution in [-0.2, 0) is 0 Å². The third-order valence-corrected chi connectivity index (χ3v) is 4.35. The summed E-state index contributed by atoms with van der Waals surface area (Å²) in [6.45, 7) is 0.701. The number of nitrogens with zero attached hydrogens (tertiary/aromatic N) is 2. The van der Waals surface area contributed by atoms with E-state index in [9.17, 15) is 14.9 Å². The van der Waals surface area contributed by atoms with Crippen LogP contribution >= 0.6 is 0 Å². The number of methoxy groups -OCH3 is 2. The molecule has 1 aliphatic rings. The molecule has 27 heavy (non-hydrogen) atoms. The summed E-state index contributed by atoms with van der Waals surface area (Å²) in [4.78, 5) is 27.6. The van der Waals surface area contributed by atoms with Gasteiger partial charge < -0.3 is 14.8 Å². The van der Waals surface area contributed by atoms with E-state index in [1.54, 1.807) is 30.3 Å². The predicted molar refractivity (Wildman–Crippen MR) is 99.9 cm³/mol. The molecule has 2 aromatic carbocycles. The smallest absolute Gasteiger partial charge is 0.270 e. The standard InChI is InChI=1S/C19H19N3O5/c1-26-16-7-6-12(9-17(16)27-2)18(23)14-10-20-19(21-11-14)13-4-3-5-15(8-13)22(24)25/h3-9,14H,10-11H2,1-2H3,(H,20,21). The van der Waals surface area contributed by atoms with Crippen LogP contribution in [-0.4, -0.2) is 43.9 Å². The maximum Gasteiger partial charge on any atom is 0.270 e. The van der Waals surface area contributed by atoms with Crippen LogP contribution in [0.1, 0.15) is 15.9 Å². The number of Topliss-reactive ketones (excluding diaryl/α,β-unsaturated/α-hetero) is 1. The van der Waals surface area contributed by atoms with Crippen molar-refractivity contribution in [2.24, 2.45) is 10.9 Å². The number of nitrogens with one attached hydrogen (secondary N) is 1. The second kappa shape index (κ2) is 7.86. The van der Waals surface area contributed by atoms with Crippen LogP contribution in [0.2, 0.25) is 0 Å². The van der Waals surface area contributed by atoms with Crippen LogP contribution in [0.5, 0.6) is 11.5 Å². The number of hydrogen-bond acceptors (Lipinski definition) is 7. The molecule has 1 heterocycles. The van der Waals surface area contributed by atoms with Gasteiger partial charge in [0, 0.05) is 29.8 Å². The van der Waals surface area contributed by atoms with Gasteiger partial charge in [0.2, 0.25) is 0 Å². The molecular formula is C19H19N3O5. The maximum absolute atomic E-state index is 12.8. The third kappa shape index (κ3) is 3.89. The lowest BCUT2D eigenvalue weighted by Gasteiger charge is -2.22. The Bertz CT molecular complexity index is 910. The molecule has 0 fully saturated rings. The highest BCUT2D eigenvalue weighted by Crippen LogP contribution is 2.28. The van der Waals surface area contributed by atoms with Gasteiger partial charge in [-0.3, -0.25) is 19.9 Å². The number of carbonyl (C=O) groups excluding carboxylic acids is 1. The van der Waals surface area contributed by atoms with E-state index < -0.39 is 4.92 Å². The van der Waals surface area contributed by atoms with E-state index in [-0.39, 0.29) is 17.4 Å². The Kier molecular flexibility index (Phi) is 5.35. The Morgan fingerprint density at radius 3 is 2.59 bits per heavy atom. The number of ether oxygens (including phenoxy) is 2. The van der Waals surface area contributed by atoms with Crippen LogP contribution in [0, 0.1) is 16.0 Å². The minimum atomic E-state index is -0.448. The van der Waals surface area contributed by atoms with Crippen LogP contribution in [0.25, 0.3) is 0 Å². The van der Waals surface area contributed by atoms with Crippen molar-refractivity contribution in [3.8, 4) is 11.5 Å². The van der Waals surface area contributed by atoms with Gasteiger partial charge in [0.1, 0.15) is 5.84 Å². The molecule has 1 aliphatic heterocycles. The number of rotatable bonds is 6. The summed E-state index contributed by atoms with van der Waals surface area (Å²) in [7, 11) is 3.05. The largest absolute Gasteiger partial charge is 0.493 e. The highest BCUT2D eigenvalue weighted by molar-refractivity contribution is 6.03. The van der Waals surface area contributed by atoms with E-state index in [0.29, 0.717) is 41.6 Å². The van der Waals surface area contributed by atoms with Gasteiger partial charge in [-0.1, -0.05) is 12.1 Å². The first-order valence-electron chi connectivity index (χ1n) is 8.33. The van der Waals surface area contributed by atoms with E-state index in [0.717, 1.165) is 0 Å². The molecule has 0 aromatic heterocycles. The molecule has 1 atom stereocenters. The first kappa shape index (κ1) is 18.4. The molecule has 0 bridgehead atoms. The van der Waals surface area contributed by atoms with Gasteiger partial charge in [-0.25, -0.2) is 0 Å². The van der Waals surface area contributed by atoms with Crippen LogP contribution in [0.3, 0.4) is 0 Å². The summed E-state index contributed by atoms with van der Waals surface area (Å²) in [6, 6.07) is 11.3. The molecule has 1 N–H and O–H groups in total. The van der Waals surface area contributed by atoms with Crippen molar-refractivity contribution in [2.45, 2.75) is 0 Å². The van der Waals surface area contributed by atoms with E-state index in [1.165, 1.54) is 26.4 Å². The van der Waals surface area contributed by atoms with Gasteiger partial charge >= 0.3 is 0 Å². The Labute approximate surface area is 156 Å². The second-order valence-electron chi connectivity index (χ2n) is 6.01. The SMILES string of the molecule is COc1ccc(C(=O)C2CN=C(c3cccc([N+](=O)[O-])c3)NC2)cc1OC. The summed E-state index contributed by atoms with van der Waals surface area (Å²) < 4.78 is 10.4. The highest BCUT2D eigenvalue weighted by atomic mass is 16.6. The zero-order chi connectivity index (χ0) is 19.4. The summed E-state index contributed by atoms with van der Waals surface area (Å²) in [5.41, 5.74) is 1.15. The molecule has 8 nitrogen and oxygen atoms in total. The quantitative estimate of drug-likeness (QED) is 0.477. The molecule has 8 heteroatoms. The maximum atomic E-state index is 12.8. The van der Waals surface area contributed by atoms with Gasteiger partial charge in [-0.05, 0) is 18.2 Å². The molecule has 0 spiro atoms. The number of non-ortho nitro benzene ring substituents is 1. The Hall–Kier alpha value is -3.42. The summed E-state index contributed by atoms with van der Waals surface area (Å²) >= 11 is 0. The highest BCUT2D eigenvalue weighted by Gasteiger charge is 2.25. The van der Waals surface area contributed by atoms with E-state index in [1.807, 2.05) is 0 Å². The summed E-state index contributed by atoms with van der Waals surface area (Å²) in [5, 5.41) is 14.0. The van der Waals surface area contributed by atoms with Crippen LogP contribution in [0.4, 0.5) is 5.69 Å². The van der Waals surface area contributed by atoms with Gasteiger partial charge in [-0.2, -0.15) is 0 Å². The van der Waals surface area contributed by atoms with Gasteiger partial charge in [0.25, 0.3) is 5.69 Å². The molecular weight excluding hydrogens is 350 g/mol. The lowest BCUT2D eigenvalue weighted by Crippen LogP contribution is -2.39. The zero-order valence-corrected chi connectivity index (χ0v) is 15.0.